The van der Waals surface area contributed by atoms with Crippen molar-refractivity contribution in [2.75, 3.05) is 31.6 Å². The number of rotatable bonds is 8. The molecule has 0 radical (unpaired) electrons. The van der Waals surface area contributed by atoms with Gasteiger partial charge in [-0.05, 0) is 51.8 Å². The predicted molar refractivity (Wildman–Crippen MR) is 150 cm³/mol. The Kier molecular flexibility index (Phi) is 8.06. The molecule has 3 heterocycles. The van der Waals surface area contributed by atoms with E-state index in [-0.39, 0.29) is 17.4 Å². The highest BCUT2D eigenvalue weighted by Gasteiger charge is 2.43. The minimum Gasteiger partial charge on any atom is -0.444 e. The van der Waals surface area contributed by atoms with Gasteiger partial charge in [0.05, 0.1) is 18.6 Å². The van der Waals surface area contributed by atoms with Crippen LogP contribution in [-0.2, 0) is 11.2 Å². The summed E-state index contributed by atoms with van der Waals surface area (Å²) in [6.07, 6.45) is 0.0238. The van der Waals surface area contributed by atoms with Gasteiger partial charge in [-0.3, -0.25) is 4.90 Å². The molecule has 2 aliphatic rings. The summed E-state index contributed by atoms with van der Waals surface area (Å²) < 4.78 is 67.0. The average molecular weight is 593 g/mol. The lowest BCUT2D eigenvalue weighted by molar-refractivity contribution is -0.0874. The number of fused-ring (bicyclic) bond motifs is 3. The third kappa shape index (κ3) is 6.29. The number of amides is 1. The molecular weight excluding hydrogens is 556 g/mol. The maximum atomic E-state index is 14.6. The van der Waals surface area contributed by atoms with E-state index in [1.165, 1.54) is 15.9 Å². The van der Waals surface area contributed by atoms with E-state index in [2.05, 4.69) is 10.3 Å². The standard InChI is InChI=1S/C30H36F4N4O4/c1-17-11-22-20-7-5-6-8-23(20)36-25(22)26(38(17)15-30(33,34)16-39)21-10-9-18(12-24(21)41-27(31)32)35-19-13-37(14-19)28(40)42-29(2,3)4/h5-10,12,17,19,26-27,35-36,39H,11,13-16H2,1-4H3/t17-,26-/m1/s1. The normalized spacial score (nSPS) is 20.0. The number of nitrogens with zero attached hydrogens (tertiary/aromatic N) is 2. The number of alkyl halides is 4. The second kappa shape index (κ2) is 11.3. The number of hydrogen-bond acceptors (Lipinski definition) is 6. The molecule has 0 saturated carbocycles. The van der Waals surface area contributed by atoms with Crippen molar-refractivity contribution in [1.29, 1.82) is 0 Å². The van der Waals surface area contributed by atoms with Gasteiger partial charge in [-0.25, -0.2) is 13.6 Å². The number of aliphatic hydroxyl groups is 1. The van der Waals surface area contributed by atoms with Crippen molar-refractivity contribution in [3.63, 3.8) is 0 Å². The largest absolute Gasteiger partial charge is 0.444 e. The number of aromatic nitrogens is 1. The van der Waals surface area contributed by atoms with Crippen LogP contribution in [0.25, 0.3) is 10.9 Å². The van der Waals surface area contributed by atoms with Crippen molar-refractivity contribution in [2.24, 2.45) is 0 Å². The fourth-order valence-corrected chi connectivity index (χ4v) is 5.73. The summed E-state index contributed by atoms with van der Waals surface area (Å²) in [5.74, 6) is -3.56. The number of anilines is 1. The molecule has 42 heavy (non-hydrogen) atoms. The van der Waals surface area contributed by atoms with Crippen LogP contribution in [0.15, 0.2) is 42.5 Å². The SMILES string of the molecule is C[C@@H]1Cc2c([nH]c3ccccc23)[C@@H](c2ccc(NC3CN(C(=O)OC(C)(C)C)C3)cc2OC(F)F)N1CC(F)(F)CO. The molecule has 2 atom stereocenters. The Morgan fingerprint density at radius 1 is 1.17 bits per heavy atom. The van der Waals surface area contributed by atoms with Gasteiger partial charge in [0.1, 0.15) is 18.0 Å². The van der Waals surface area contributed by atoms with Crippen LogP contribution in [0.3, 0.4) is 0 Å². The third-order valence-electron chi connectivity index (χ3n) is 7.59. The van der Waals surface area contributed by atoms with Crippen molar-refractivity contribution < 1.29 is 36.9 Å². The van der Waals surface area contributed by atoms with E-state index in [1.807, 2.05) is 31.2 Å². The summed E-state index contributed by atoms with van der Waals surface area (Å²) in [6, 6.07) is 10.9. The summed E-state index contributed by atoms with van der Waals surface area (Å²) in [5, 5.41) is 13.5. The lowest BCUT2D eigenvalue weighted by atomic mass is 9.87. The number of halogens is 4. The molecule has 0 bridgehead atoms. The Labute approximate surface area is 241 Å². The van der Waals surface area contributed by atoms with Crippen LogP contribution in [0.2, 0.25) is 0 Å². The van der Waals surface area contributed by atoms with Crippen molar-refractivity contribution in [3.8, 4) is 5.75 Å². The number of benzene rings is 2. The molecule has 0 unspecified atom stereocenters. The smallest absolute Gasteiger partial charge is 0.410 e. The Bertz CT molecular complexity index is 1430. The number of para-hydroxylation sites is 1. The number of hydrogen-bond donors (Lipinski definition) is 3. The van der Waals surface area contributed by atoms with Gasteiger partial charge >= 0.3 is 12.7 Å². The second-order valence-electron chi connectivity index (χ2n) is 12.1. The number of H-pyrrole nitrogens is 1. The summed E-state index contributed by atoms with van der Waals surface area (Å²) in [4.78, 5) is 18.7. The molecule has 2 aliphatic heterocycles. The van der Waals surface area contributed by atoms with Crippen LogP contribution in [0, 0.1) is 0 Å². The first-order chi connectivity index (χ1) is 19.7. The molecule has 1 saturated heterocycles. The van der Waals surface area contributed by atoms with Crippen LogP contribution < -0.4 is 10.1 Å². The average Bonchev–Trinajstić information content (AvgIpc) is 3.23. The van der Waals surface area contributed by atoms with Crippen LogP contribution in [0.1, 0.15) is 50.6 Å². The van der Waals surface area contributed by atoms with Gasteiger partial charge in [0.15, 0.2) is 0 Å². The number of aromatic amines is 1. The highest BCUT2D eigenvalue weighted by molar-refractivity contribution is 5.85. The second-order valence-corrected chi connectivity index (χ2v) is 12.1. The fraction of sp³-hybridized carbons (Fsp3) is 0.500. The summed E-state index contributed by atoms with van der Waals surface area (Å²) in [7, 11) is 0. The number of carbonyl (C=O) groups excluding carboxylic acids is 1. The molecule has 12 heteroatoms. The van der Waals surface area contributed by atoms with Gasteiger partial charge in [-0.15, -0.1) is 0 Å². The summed E-state index contributed by atoms with van der Waals surface area (Å²) >= 11 is 0. The third-order valence-corrected chi connectivity index (χ3v) is 7.59. The van der Waals surface area contributed by atoms with Crippen molar-refractivity contribution in [1.82, 2.24) is 14.8 Å². The zero-order chi connectivity index (χ0) is 30.4. The van der Waals surface area contributed by atoms with E-state index < -0.39 is 49.5 Å². The quantitative estimate of drug-likeness (QED) is 0.288. The molecule has 3 aromatic rings. The van der Waals surface area contributed by atoms with Crippen molar-refractivity contribution >= 4 is 22.7 Å². The number of nitrogens with one attached hydrogen (secondary N) is 2. The zero-order valence-corrected chi connectivity index (χ0v) is 24.0. The van der Waals surface area contributed by atoms with E-state index in [4.69, 9.17) is 9.47 Å². The molecular formula is C30H36F4N4O4. The number of carbonyl (C=O) groups is 1. The number of likely N-dealkylation sites (tertiary alicyclic amines) is 1. The maximum Gasteiger partial charge on any atom is 0.410 e. The van der Waals surface area contributed by atoms with Crippen molar-refractivity contribution in [2.45, 2.75) is 70.4 Å². The van der Waals surface area contributed by atoms with Crippen LogP contribution in [-0.4, -0.2) is 82.4 Å². The molecule has 2 aromatic carbocycles. The first-order valence-electron chi connectivity index (χ1n) is 13.9. The lowest BCUT2D eigenvalue weighted by Gasteiger charge is -2.42. The van der Waals surface area contributed by atoms with Gasteiger partial charge in [-0.2, -0.15) is 8.78 Å². The van der Waals surface area contributed by atoms with E-state index >= 15 is 0 Å². The monoisotopic (exact) mass is 592 g/mol. The highest BCUT2D eigenvalue weighted by Crippen LogP contribution is 2.45. The van der Waals surface area contributed by atoms with Gasteiger partial charge < -0.3 is 29.8 Å². The Hall–Kier alpha value is -3.51. The van der Waals surface area contributed by atoms with E-state index in [0.29, 0.717) is 30.9 Å². The Balaban J connectivity index is 1.48. The predicted octanol–water partition coefficient (Wildman–Crippen LogP) is 5.76. The molecule has 0 spiro atoms. The van der Waals surface area contributed by atoms with Gasteiger partial charge in [-0.1, -0.05) is 24.3 Å². The Morgan fingerprint density at radius 2 is 1.88 bits per heavy atom. The fourth-order valence-electron chi connectivity index (χ4n) is 5.73. The summed E-state index contributed by atoms with van der Waals surface area (Å²) in [6.45, 7) is 2.62. The molecule has 8 nitrogen and oxygen atoms in total. The molecule has 0 aliphatic carbocycles. The number of aliphatic hydroxyl groups excluding tert-OH is 1. The van der Waals surface area contributed by atoms with Crippen LogP contribution in [0.5, 0.6) is 5.75 Å². The number of ether oxygens (including phenoxy) is 2. The minimum absolute atomic E-state index is 0.141. The van der Waals surface area contributed by atoms with E-state index in [9.17, 15) is 27.5 Å². The van der Waals surface area contributed by atoms with Crippen molar-refractivity contribution in [3.05, 3.63) is 59.3 Å². The van der Waals surface area contributed by atoms with E-state index in [0.717, 1.165) is 16.5 Å². The molecule has 1 amide bonds. The molecule has 5 rings (SSSR count). The highest BCUT2D eigenvalue weighted by atomic mass is 19.3. The van der Waals surface area contributed by atoms with E-state index in [1.54, 1.807) is 32.9 Å². The topological polar surface area (TPSA) is 90.1 Å². The minimum atomic E-state index is -3.41. The lowest BCUT2D eigenvalue weighted by Crippen LogP contribution is -2.57. The van der Waals surface area contributed by atoms with Crippen LogP contribution in [0.4, 0.5) is 28.0 Å². The van der Waals surface area contributed by atoms with Crippen LogP contribution >= 0.6 is 0 Å². The van der Waals surface area contributed by atoms with Gasteiger partial charge in [0, 0.05) is 53.0 Å². The molecule has 3 N–H and O–H groups in total. The maximum absolute atomic E-state index is 14.6. The molecule has 228 valence electrons. The van der Waals surface area contributed by atoms with Gasteiger partial charge in [0.2, 0.25) is 0 Å². The zero-order valence-electron chi connectivity index (χ0n) is 24.0. The first kappa shape index (κ1) is 30.0. The Morgan fingerprint density at radius 3 is 2.55 bits per heavy atom. The first-order valence-corrected chi connectivity index (χ1v) is 13.9. The summed E-state index contributed by atoms with van der Waals surface area (Å²) in [5.41, 5.74) is 2.51. The van der Waals surface area contributed by atoms with Gasteiger partial charge in [0.25, 0.3) is 5.92 Å². The molecule has 1 fully saturated rings. The molecule has 1 aromatic heterocycles.